The Labute approximate surface area is 101 Å². The van der Waals surface area contributed by atoms with Crippen molar-refractivity contribution in [2.45, 2.75) is 6.92 Å². The van der Waals surface area contributed by atoms with Crippen molar-refractivity contribution in [1.29, 1.82) is 0 Å². The molecule has 90 valence electrons. The molecule has 0 saturated carbocycles. The van der Waals surface area contributed by atoms with Gasteiger partial charge < -0.3 is 15.0 Å². The first kappa shape index (κ1) is 13.3. The normalized spacial score (nSPS) is 11.2. The van der Waals surface area contributed by atoms with Gasteiger partial charge in [-0.15, -0.1) is 0 Å². The summed E-state index contributed by atoms with van der Waals surface area (Å²) in [5, 5.41) is 3.12. The molecule has 1 aromatic rings. The molecule has 0 bridgehead atoms. The first-order chi connectivity index (χ1) is 7.54. The van der Waals surface area contributed by atoms with E-state index >= 15 is 0 Å². The van der Waals surface area contributed by atoms with Gasteiger partial charge in [0.1, 0.15) is 4.51 Å². The fraction of sp³-hybridized carbons (Fsp3) is 0.636. The number of anilines is 1. The predicted octanol–water partition coefficient (Wildman–Crippen LogP) is 0.950. The standard InChI is InChI=1S/C11H18N2O2S/c1-8-9(11(16)10(8)14)12-4-6-15-7-5-13(2)3/h12H,4-7H2,1-3H3. The molecule has 1 rings (SSSR count). The summed E-state index contributed by atoms with van der Waals surface area (Å²) in [7, 11) is 4.02. The third kappa shape index (κ3) is 3.37. The van der Waals surface area contributed by atoms with E-state index in [4.69, 9.17) is 17.0 Å². The topological polar surface area (TPSA) is 41.6 Å². The van der Waals surface area contributed by atoms with E-state index in [2.05, 4.69) is 10.2 Å². The van der Waals surface area contributed by atoms with E-state index in [9.17, 15) is 4.79 Å². The lowest BCUT2D eigenvalue weighted by molar-refractivity contribution is 0.126. The van der Waals surface area contributed by atoms with Crippen molar-refractivity contribution in [2.24, 2.45) is 0 Å². The van der Waals surface area contributed by atoms with E-state index in [1.54, 1.807) is 6.92 Å². The van der Waals surface area contributed by atoms with Crippen molar-refractivity contribution in [3.63, 3.8) is 0 Å². The molecule has 0 unspecified atom stereocenters. The van der Waals surface area contributed by atoms with Crippen molar-refractivity contribution in [1.82, 2.24) is 4.90 Å². The van der Waals surface area contributed by atoms with Gasteiger partial charge in [-0.2, -0.15) is 0 Å². The molecule has 0 aliphatic carbocycles. The zero-order valence-corrected chi connectivity index (χ0v) is 10.8. The van der Waals surface area contributed by atoms with E-state index in [1.807, 2.05) is 14.1 Å². The summed E-state index contributed by atoms with van der Waals surface area (Å²) in [6.07, 6.45) is 0. The summed E-state index contributed by atoms with van der Waals surface area (Å²) in [5.41, 5.74) is 1.54. The van der Waals surface area contributed by atoms with Crippen LogP contribution in [0.1, 0.15) is 5.56 Å². The van der Waals surface area contributed by atoms with E-state index in [-0.39, 0.29) is 5.43 Å². The highest BCUT2D eigenvalue weighted by Crippen LogP contribution is 2.14. The molecule has 4 nitrogen and oxygen atoms in total. The first-order valence-corrected chi connectivity index (χ1v) is 5.71. The summed E-state index contributed by atoms with van der Waals surface area (Å²) < 4.78 is 5.83. The Morgan fingerprint density at radius 1 is 1.38 bits per heavy atom. The van der Waals surface area contributed by atoms with Gasteiger partial charge in [0.15, 0.2) is 0 Å². The van der Waals surface area contributed by atoms with Gasteiger partial charge >= 0.3 is 0 Å². The number of ether oxygens (including phenoxy) is 1. The zero-order chi connectivity index (χ0) is 12.1. The molecule has 0 heterocycles. The van der Waals surface area contributed by atoms with E-state index in [0.29, 0.717) is 17.7 Å². The van der Waals surface area contributed by atoms with Gasteiger partial charge in [0, 0.05) is 18.7 Å². The molecule has 1 N–H and O–H groups in total. The molecule has 0 spiro atoms. The second kappa shape index (κ2) is 6.08. The first-order valence-electron chi connectivity index (χ1n) is 5.30. The molecule has 0 aromatic heterocycles. The molecule has 0 radical (unpaired) electrons. The largest absolute Gasteiger partial charge is 0.381 e. The number of nitrogens with one attached hydrogen (secondary N) is 1. The van der Waals surface area contributed by atoms with E-state index < -0.39 is 0 Å². The van der Waals surface area contributed by atoms with Gasteiger partial charge in [0.2, 0.25) is 5.43 Å². The monoisotopic (exact) mass is 242 g/mol. The minimum Gasteiger partial charge on any atom is -0.381 e. The maximum atomic E-state index is 11.1. The molecule has 5 heteroatoms. The predicted molar refractivity (Wildman–Crippen MR) is 68.5 cm³/mol. The quantitative estimate of drug-likeness (QED) is 0.569. The SMILES string of the molecule is Cc1c(NCCOCCN(C)C)c(=S)c1=O. The minimum atomic E-state index is -0.00831. The van der Waals surface area contributed by atoms with Gasteiger partial charge in [0.25, 0.3) is 0 Å². The van der Waals surface area contributed by atoms with Crippen LogP contribution in [-0.4, -0.2) is 45.3 Å². The number of nitrogens with zero attached hydrogens (tertiary/aromatic N) is 1. The van der Waals surface area contributed by atoms with Gasteiger partial charge in [-0.05, 0) is 21.0 Å². The second-order valence-electron chi connectivity index (χ2n) is 4.00. The number of rotatable bonds is 7. The van der Waals surface area contributed by atoms with Crippen LogP contribution in [0.5, 0.6) is 0 Å². The van der Waals surface area contributed by atoms with Crippen molar-refractivity contribution < 1.29 is 4.74 Å². The molecule has 0 aliphatic rings. The molecular formula is C11H18N2O2S. The molecule has 0 saturated heterocycles. The summed E-state index contributed by atoms with van der Waals surface area (Å²) in [4.78, 5) is 13.2. The molecule has 0 amide bonds. The van der Waals surface area contributed by atoms with Crippen LogP contribution < -0.4 is 10.7 Å². The van der Waals surface area contributed by atoms with Gasteiger partial charge in [-0.25, -0.2) is 0 Å². The Kier molecular flexibility index (Phi) is 5.05. The Morgan fingerprint density at radius 2 is 2.06 bits per heavy atom. The lowest BCUT2D eigenvalue weighted by Gasteiger charge is -2.13. The highest BCUT2D eigenvalue weighted by molar-refractivity contribution is 7.71. The second-order valence-corrected chi connectivity index (χ2v) is 4.41. The average Bonchev–Trinajstić information content (AvgIpc) is 2.26. The van der Waals surface area contributed by atoms with Crippen LogP contribution in [0.25, 0.3) is 0 Å². The van der Waals surface area contributed by atoms with Crippen LogP contribution >= 0.6 is 12.2 Å². The maximum absolute atomic E-state index is 11.1. The molecule has 0 fully saturated rings. The highest BCUT2D eigenvalue weighted by atomic mass is 32.1. The van der Waals surface area contributed by atoms with Gasteiger partial charge in [0.05, 0.1) is 18.9 Å². The minimum absolute atomic E-state index is 0.00831. The van der Waals surface area contributed by atoms with Crippen molar-refractivity contribution in [2.75, 3.05) is 45.7 Å². The fourth-order valence-corrected chi connectivity index (χ4v) is 1.69. The van der Waals surface area contributed by atoms with Crippen LogP contribution in [0, 0.1) is 11.4 Å². The molecule has 0 atom stereocenters. The zero-order valence-electron chi connectivity index (χ0n) is 10.0. The smallest absolute Gasteiger partial charge is 0.203 e. The summed E-state index contributed by atoms with van der Waals surface area (Å²) in [6.45, 7) is 4.73. The summed E-state index contributed by atoms with van der Waals surface area (Å²) in [5.74, 6) is 0. The Hall–Kier alpha value is -0.780. The molecular weight excluding hydrogens is 224 g/mol. The average molecular weight is 242 g/mol. The lowest BCUT2D eigenvalue weighted by Crippen LogP contribution is -2.22. The van der Waals surface area contributed by atoms with Crippen LogP contribution in [0.15, 0.2) is 4.79 Å². The molecule has 16 heavy (non-hydrogen) atoms. The van der Waals surface area contributed by atoms with Crippen LogP contribution in [-0.2, 0) is 4.74 Å². The van der Waals surface area contributed by atoms with Gasteiger partial charge in [-0.1, -0.05) is 12.2 Å². The number of hydrogen-bond acceptors (Lipinski definition) is 5. The maximum Gasteiger partial charge on any atom is 0.203 e. The molecule has 1 aromatic carbocycles. The van der Waals surface area contributed by atoms with E-state index in [1.165, 1.54) is 0 Å². The lowest BCUT2D eigenvalue weighted by atomic mass is 10.1. The summed E-state index contributed by atoms with van der Waals surface area (Å²) in [6, 6.07) is 0. The fourth-order valence-electron chi connectivity index (χ4n) is 1.32. The van der Waals surface area contributed by atoms with E-state index in [0.717, 1.165) is 24.4 Å². The van der Waals surface area contributed by atoms with Crippen LogP contribution in [0.2, 0.25) is 0 Å². The Morgan fingerprint density at radius 3 is 2.62 bits per heavy atom. The van der Waals surface area contributed by atoms with Crippen molar-refractivity contribution in [3.8, 4) is 0 Å². The van der Waals surface area contributed by atoms with Crippen molar-refractivity contribution in [3.05, 3.63) is 20.3 Å². The Bertz CT molecular complexity index is 408. The van der Waals surface area contributed by atoms with Crippen molar-refractivity contribution >= 4 is 17.9 Å². The number of likely N-dealkylation sites (N-methyl/N-ethyl adjacent to an activating group) is 1. The highest BCUT2D eigenvalue weighted by Gasteiger charge is 2.11. The summed E-state index contributed by atoms with van der Waals surface area (Å²) >= 11 is 4.92. The Balaban J connectivity index is 2.13. The molecule has 0 aliphatic heterocycles. The van der Waals surface area contributed by atoms with Crippen LogP contribution in [0.3, 0.4) is 0 Å². The third-order valence-electron chi connectivity index (χ3n) is 2.38. The van der Waals surface area contributed by atoms with Gasteiger partial charge in [-0.3, -0.25) is 4.79 Å². The number of hydrogen-bond donors (Lipinski definition) is 1. The third-order valence-corrected chi connectivity index (χ3v) is 2.77. The van der Waals surface area contributed by atoms with Crippen LogP contribution in [0.4, 0.5) is 5.69 Å².